The average molecular weight is 311 g/mol. The zero-order chi connectivity index (χ0) is 16.7. The zero-order valence-electron chi connectivity index (χ0n) is 13.6. The topological polar surface area (TPSA) is 47.6 Å². The van der Waals surface area contributed by atoms with E-state index in [1.165, 1.54) is 0 Å². The third-order valence-electron chi connectivity index (χ3n) is 3.45. The highest BCUT2D eigenvalue weighted by atomic mass is 16.5. The van der Waals surface area contributed by atoms with E-state index in [9.17, 15) is 4.79 Å². The molecule has 0 unspecified atom stereocenters. The first-order chi connectivity index (χ1) is 11.2. The van der Waals surface area contributed by atoms with Crippen molar-refractivity contribution < 1.29 is 14.3 Å². The molecule has 0 saturated carbocycles. The Morgan fingerprint density at radius 3 is 2.43 bits per heavy atom. The lowest BCUT2D eigenvalue weighted by molar-refractivity contribution is 0.104. The molecule has 0 heterocycles. The van der Waals surface area contributed by atoms with Crippen LogP contribution in [0, 0.1) is 0 Å². The van der Waals surface area contributed by atoms with Gasteiger partial charge in [-0.25, -0.2) is 0 Å². The number of ketones is 1. The molecule has 120 valence electrons. The number of carbonyl (C=O) groups excluding carboxylic acids is 1. The molecule has 0 saturated heterocycles. The Hall–Kier alpha value is -2.75. The van der Waals surface area contributed by atoms with E-state index in [4.69, 9.17) is 9.47 Å². The second-order valence-electron chi connectivity index (χ2n) is 4.94. The second-order valence-corrected chi connectivity index (χ2v) is 4.94. The van der Waals surface area contributed by atoms with Crippen molar-refractivity contribution in [2.75, 3.05) is 19.5 Å². The van der Waals surface area contributed by atoms with Gasteiger partial charge in [-0.05, 0) is 18.6 Å². The first kappa shape index (κ1) is 16.6. The van der Waals surface area contributed by atoms with Crippen molar-refractivity contribution in [2.45, 2.75) is 13.3 Å². The maximum absolute atomic E-state index is 12.3. The van der Waals surface area contributed by atoms with Gasteiger partial charge < -0.3 is 14.8 Å². The van der Waals surface area contributed by atoms with Gasteiger partial charge >= 0.3 is 0 Å². The number of benzene rings is 2. The summed E-state index contributed by atoms with van der Waals surface area (Å²) in [5.41, 5.74) is 2.28. The first-order valence-electron chi connectivity index (χ1n) is 7.47. The van der Waals surface area contributed by atoms with Crippen molar-refractivity contribution >= 4 is 11.5 Å². The minimum absolute atomic E-state index is 0.0255. The normalized spacial score (nSPS) is 11.0. The molecule has 0 amide bonds. The molecule has 2 aromatic carbocycles. The fourth-order valence-corrected chi connectivity index (χ4v) is 2.15. The van der Waals surface area contributed by atoms with E-state index in [1.54, 1.807) is 38.5 Å². The number of ether oxygens (including phenoxy) is 2. The third kappa shape index (κ3) is 4.36. The van der Waals surface area contributed by atoms with E-state index in [1.807, 2.05) is 37.3 Å². The summed E-state index contributed by atoms with van der Waals surface area (Å²) in [4.78, 5) is 12.3. The van der Waals surface area contributed by atoms with Crippen LogP contribution in [0.15, 0.2) is 60.3 Å². The van der Waals surface area contributed by atoms with Gasteiger partial charge in [-0.3, -0.25) is 4.79 Å². The molecule has 4 nitrogen and oxygen atoms in total. The van der Waals surface area contributed by atoms with Crippen LogP contribution in [0.1, 0.15) is 23.7 Å². The van der Waals surface area contributed by atoms with Crippen LogP contribution in [0.3, 0.4) is 0 Å². The molecule has 2 rings (SSSR count). The summed E-state index contributed by atoms with van der Waals surface area (Å²) in [6.07, 6.45) is 2.33. The van der Waals surface area contributed by atoms with Crippen molar-refractivity contribution in [1.82, 2.24) is 0 Å². The highest BCUT2D eigenvalue weighted by Crippen LogP contribution is 2.30. The summed E-state index contributed by atoms with van der Waals surface area (Å²) in [6, 6.07) is 14.7. The van der Waals surface area contributed by atoms with Gasteiger partial charge in [0.25, 0.3) is 0 Å². The summed E-state index contributed by atoms with van der Waals surface area (Å²) >= 11 is 0. The minimum atomic E-state index is -0.0255. The Morgan fingerprint density at radius 1 is 1.09 bits per heavy atom. The molecular formula is C19H21NO3. The molecule has 0 spiro atoms. The highest BCUT2D eigenvalue weighted by Gasteiger charge is 2.08. The Bertz CT molecular complexity index is 693. The molecule has 0 bridgehead atoms. The molecule has 0 aromatic heterocycles. The van der Waals surface area contributed by atoms with Crippen LogP contribution in [0.2, 0.25) is 0 Å². The van der Waals surface area contributed by atoms with E-state index < -0.39 is 0 Å². The van der Waals surface area contributed by atoms with Gasteiger partial charge in [0.05, 0.1) is 19.9 Å². The quantitative estimate of drug-likeness (QED) is 0.612. The van der Waals surface area contributed by atoms with E-state index in [0.29, 0.717) is 17.7 Å². The molecule has 0 aliphatic heterocycles. The molecule has 0 atom stereocenters. The number of anilines is 1. The van der Waals surface area contributed by atoms with Crippen molar-refractivity contribution in [2.24, 2.45) is 0 Å². The molecule has 4 heteroatoms. The monoisotopic (exact) mass is 311 g/mol. The van der Waals surface area contributed by atoms with Crippen LogP contribution >= 0.6 is 0 Å². The molecule has 23 heavy (non-hydrogen) atoms. The van der Waals surface area contributed by atoms with Crippen LogP contribution in [0.25, 0.3) is 0 Å². The fourth-order valence-electron chi connectivity index (χ4n) is 2.15. The Morgan fingerprint density at radius 2 is 1.83 bits per heavy atom. The smallest absolute Gasteiger partial charge is 0.187 e. The number of allylic oxidation sites excluding steroid dienone is 2. The van der Waals surface area contributed by atoms with E-state index in [0.717, 1.165) is 17.1 Å². The summed E-state index contributed by atoms with van der Waals surface area (Å²) in [7, 11) is 3.21. The molecular weight excluding hydrogens is 290 g/mol. The third-order valence-corrected chi connectivity index (χ3v) is 3.45. The molecule has 0 fully saturated rings. The van der Waals surface area contributed by atoms with E-state index in [2.05, 4.69) is 5.32 Å². The van der Waals surface area contributed by atoms with Crippen molar-refractivity contribution in [3.8, 4) is 11.5 Å². The number of carbonyl (C=O) groups is 1. The molecule has 0 radical (unpaired) electrons. The van der Waals surface area contributed by atoms with Gasteiger partial charge in [0.2, 0.25) is 0 Å². The first-order valence-corrected chi connectivity index (χ1v) is 7.47. The lowest BCUT2D eigenvalue weighted by Gasteiger charge is -2.14. The van der Waals surface area contributed by atoms with Crippen LogP contribution < -0.4 is 14.8 Å². The van der Waals surface area contributed by atoms with Crippen LogP contribution in [0.5, 0.6) is 11.5 Å². The second kappa shape index (κ2) is 8.03. The average Bonchev–Trinajstić information content (AvgIpc) is 2.61. The molecule has 0 aliphatic rings. The maximum Gasteiger partial charge on any atom is 0.187 e. The number of methoxy groups -OCH3 is 2. The minimum Gasteiger partial charge on any atom is -0.497 e. The number of hydrogen-bond acceptors (Lipinski definition) is 4. The largest absolute Gasteiger partial charge is 0.497 e. The molecule has 2 aromatic rings. The maximum atomic E-state index is 12.3. The van der Waals surface area contributed by atoms with Crippen LogP contribution in [-0.4, -0.2) is 20.0 Å². The highest BCUT2D eigenvalue weighted by molar-refractivity contribution is 6.05. The SMILES string of the molecule is CC/C(=C\C(=O)c1ccccc1)Nc1ccc(OC)cc1OC. The summed E-state index contributed by atoms with van der Waals surface area (Å²) in [5, 5.41) is 3.26. The van der Waals surface area contributed by atoms with Crippen molar-refractivity contribution in [1.29, 1.82) is 0 Å². The Kier molecular flexibility index (Phi) is 5.80. The van der Waals surface area contributed by atoms with Gasteiger partial charge in [0, 0.05) is 23.4 Å². The van der Waals surface area contributed by atoms with Gasteiger partial charge in [-0.1, -0.05) is 37.3 Å². The lowest BCUT2D eigenvalue weighted by atomic mass is 10.1. The van der Waals surface area contributed by atoms with E-state index in [-0.39, 0.29) is 5.78 Å². The fraction of sp³-hybridized carbons (Fsp3) is 0.211. The lowest BCUT2D eigenvalue weighted by Crippen LogP contribution is -2.04. The standard InChI is InChI=1S/C19H21NO3/c1-4-15(12-18(21)14-8-6-5-7-9-14)20-17-11-10-16(22-2)13-19(17)23-3/h5-13,20H,4H2,1-3H3/b15-12+. The number of rotatable bonds is 7. The summed E-state index contributed by atoms with van der Waals surface area (Å²) in [6.45, 7) is 1.99. The van der Waals surface area contributed by atoms with Crippen LogP contribution in [-0.2, 0) is 0 Å². The van der Waals surface area contributed by atoms with E-state index >= 15 is 0 Å². The number of hydrogen-bond donors (Lipinski definition) is 1. The zero-order valence-corrected chi connectivity index (χ0v) is 13.6. The number of nitrogens with one attached hydrogen (secondary N) is 1. The van der Waals surface area contributed by atoms with Crippen molar-refractivity contribution in [3.05, 3.63) is 65.9 Å². The Balaban J connectivity index is 2.22. The van der Waals surface area contributed by atoms with Gasteiger partial charge in [-0.15, -0.1) is 0 Å². The van der Waals surface area contributed by atoms with Gasteiger partial charge in [-0.2, -0.15) is 0 Å². The predicted octanol–water partition coefficient (Wildman–Crippen LogP) is 4.29. The predicted molar refractivity (Wildman–Crippen MR) is 92.3 cm³/mol. The summed E-state index contributed by atoms with van der Waals surface area (Å²) < 4.78 is 10.6. The van der Waals surface area contributed by atoms with Crippen LogP contribution in [0.4, 0.5) is 5.69 Å². The molecule has 1 N–H and O–H groups in total. The van der Waals surface area contributed by atoms with Gasteiger partial charge in [0.1, 0.15) is 11.5 Å². The van der Waals surface area contributed by atoms with Crippen molar-refractivity contribution in [3.63, 3.8) is 0 Å². The Labute approximate surface area is 136 Å². The molecule has 0 aliphatic carbocycles. The van der Waals surface area contributed by atoms with Gasteiger partial charge in [0.15, 0.2) is 5.78 Å². The summed E-state index contributed by atoms with van der Waals surface area (Å²) in [5.74, 6) is 1.35.